The number of imidazole rings is 1. The van der Waals surface area contributed by atoms with Gasteiger partial charge in [0.05, 0.1) is 19.3 Å². The number of nitrogens with zero attached hydrogens (tertiary/aromatic N) is 2. The van der Waals surface area contributed by atoms with Gasteiger partial charge in [0.25, 0.3) is 0 Å². The van der Waals surface area contributed by atoms with E-state index in [-0.39, 0.29) is 0 Å². The van der Waals surface area contributed by atoms with Crippen molar-refractivity contribution in [1.29, 1.82) is 0 Å². The van der Waals surface area contributed by atoms with E-state index in [1.807, 2.05) is 17.7 Å². The zero-order chi connectivity index (χ0) is 14.9. The summed E-state index contributed by atoms with van der Waals surface area (Å²) in [6, 6.07) is 6.26. The lowest BCUT2D eigenvalue weighted by molar-refractivity contribution is 0.416. The number of nitrogens with two attached hydrogens (primary N) is 1. The molecule has 1 heterocycles. The number of hydrogen-bond acceptors (Lipinski definition) is 3. The van der Waals surface area contributed by atoms with Crippen LogP contribution in [0.3, 0.4) is 0 Å². The molecule has 0 fully saturated rings. The van der Waals surface area contributed by atoms with Crippen molar-refractivity contribution in [3.8, 4) is 17.0 Å². The number of hydrogen-bond donors (Lipinski definition) is 1. The second-order valence-corrected chi connectivity index (χ2v) is 5.80. The summed E-state index contributed by atoms with van der Waals surface area (Å²) in [5.41, 5.74) is 9.01. The van der Waals surface area contributed by atoms with E-state index in [0.29, 0.717) is 12.5 Å². The third-order valence-electron chi connectivity index (χ3n) is 3.47. The summed E-state index contributed by atoms with van der Waals surface area (Å²) in [5.74, 6) is 2.13. The number of halogens is 1. The smallest absolute Gasteiger partial charge is 0.132 e. The Morgan fingerprint density at radius 1 is 1.40 bits per heavy atom. The molecule has 0 aliphatic rings. The summed E-state index contributed by atoms with van der Waals surface area (Å²) < 4.78 is 8.29. The highest BCUT2D eigenvalue weighted by atomic mass is 79.9. The van der Waals surface area contributed by atoms with E-state index in [1.54, 1.807) is 7.11 Å². The minimum Gasteiger partial charge on any atom is -0.496 e. The minimum atomic E-state index is 0.404. The Morgan fingerprint density at radius 2 is 2.10 bits per heavy atom. The molecule has 2 rings (SSSR count). The summed E-state index contributed by atoms with van der Waals surface area (Å²) in [7, 11) is 3.65. The van der Waals surface area contributed by atoms with Gasteiger partial charge in [-0.05, 0) is 39.5 Å². The van der Waals surface area contributed by atoms with Crippen LogP contribution < -0.4 is 10.5 Å². The van der Waals surface area contributed by atoms with Gasteiger partial charge in [-0.2, -0.15) is 0 Å². The van der Waals surface area contributed by atoms with Gasteiger partial charge >= 0.3 is 0 Å². The Hall–Kier alpha value is -1.33. The Bertz CT molecular complexity index is 620. The Kier molecular flexibility index (Phi) is 4.50. The maximum absolute atomic E-state index is 5.72. The van der Waals surface area contributed by atoms with Crippen LogP contribution in [-0.2, 0) is 13.6 Å². The predicted molar refractivity (Wildman–Crippen MR) is 84.9 cm³/mol. The number of benzene rings is 1. The lowest BCUT2D eigenvalue weighted by atomic mass is 9.99. The maximum atomic E-state index is 5.72. The van der Waals surface area contributed by atoms with Crippen LogP contribution >= 0.6 is 15.9 Å². The average Bonchev–Trinajstić information content (AvgIpc) is 2.72. The van der Waals surface area contributed by atoms with Crippen molar-refractivity contribution in [2.75, 3.05) is 7.11 Å². The zero-order valence-electron chi connectivity index (χ0n) is 12.3. The fourth-order valence-electron chi connectivity index (χ4n) is 2.25. The number of aromatic nitrogens is 2. The van der Waals surface area contributed by atoms with Gasteiger partial charge in [0.2, 0.25) is 0 Å². The zero-order valence-corrected chi connectivity index (χ0v) is 13.9. The molecular weight excluding hydrogens is 318 g/mol. The van der Waals surface area contributed by atoms with Gasteiger partial charge in [0.15, 0.2) is 0 Å². The molecule has 0 spiro atoms. The summed E-state index contributed by atoms with van der Waals surface area (Å²) in [6.07, 6.45) is 0. The Balaban J connectivity index is 2.67. The predicted octanol–water partition coefficient (Wildman–Crippen LogP) is 3.44. The van der Waals surface area contributed by atoms with Crippen LogP contribution in [0.15, 0.2) is 22.8 Å². The van der Waals surface area contributed by atoms with Crippen LogP contribution in [0.5, 0.6) is 5.75 Å². The van der Waals surface area contributed by atoms with Crippen molar-refractivity contribution in [2.45, 2.75) is 26.3 Å². The topological polar surface area (TPSA) is 53.1 Å². The normalized spacial score (nSPS) is 11.2. The standard InChI is InChI=1S/C15H20BrN3O/c1-9(2)10-5-6-12(20-4)11(7-10)14-15(16)18-13(8-17)19(14)3/h5-7,9H,8,17H2,1-4H3. The third-order valence-corrected chi connectivity index (χ3v) is 4.03. The quantitative estimate of drug-likeness (QED) is 0.929. The first kappa shape index (κ1) is 15.1. The largest absolute Gasteiger partial charge is 0.496 e. The first-order valence-electron chi connectivity index (χ1n) is 6.59. The number of methoxy groups -OCH3 is 1. The van der Waals surface area contributed by atoms with Gasteiger partial charge in [0.1, 0.15) is 16.2 Å². The number of ether oxygens (including phenoxy) is 1. The highest BCUT2D eigenvalue weighted by Crippen LogP contribution is 2.37. The van der Waals surface area contributed by atoms with E-state index in [4.69, 9.17) is 10.5 Å². The lowest BCUT2D eigenvalue weighted by Gasteiger charge is -2.14. The van der Waals surface area contributed by atoms with Crippen molar-refractivity contribution in [3.05, 3.63) is 34.2 Å². The molecule has 0 bridgehead atoms. The van der Waals surface area contributed by atoms with Crippen LogP contribution in [0.25, 0.3) is 11.3 Å². The van der Waals surface area contributed by atoms with Gasteiger partial charge in [-0.15, -0.1) is 0 Å². The molecule has 5 heteroatoms. The van der Waals surface area contributed by atoms with Crippen molar-refractivity contribution in [1.82, 2.24) is 9.55 Å². The average molecular weight is 338 g/mol. The van der Waals surface area contributed by atoms with Crippen LogP contribution in [0.4, 0.5) is 0 Å². The van der Waals surface area contributed by atoms with Crippen LogP contribution in [-0.4, -0.2) is 16.7 Å². The molecule has 2 aromatic rings. The second-order valence-electron chi connectivity index (χ2n) is 5.05. The molecule has 20 heavy (non-hydrogen) atoms. The summed E-state index contributed by atoms with van der Waals surface area (Å²) >= 11 is 3.53. The first-order valence-corrected chi connectivity index (χ1v) is 7.38. The molecule has 1 aromatic heterocycles. The molecule has 0 amide bonds. The monoisotopic (exact) mass is 337 g/mol. The van der Waals surface area contributed by atoms with Crippen molar-refractivity contribution < 1.29 is 4.74 Å². The summed E-state index contributed by atoms with van der Waals surface area (Å²) in [6.45, 7) is 4.76. The van der Waals surface area contributed by atoms with E-state index in [9.17, 15) is 0 Å². The minimum absolute atomic E-state index is 0.404. The third kappa shape index (κ3) is 2.60. The first-order chi connectivity index (χ1) is 9.49. The SMILES string of the molecule is COc1ccc(C(C)C)cc1-c1c(Br)nc(CN)n1C. The van der Waals surface area contributed by atoms with Crippen LogP contribution in [0.2, 0.25) is 0 Å². The van der Waals surface area contributed by atoms with E-state index in [2.05, 4.69) is 46.9 Å². The van der Waals surface area contributed by atoms with E-state index < -0.39 is 0 Å². The Morgan fingerprint density at radius 3 is 2.60 bits per heavy atom. The van der Waals surface area contributed by atoms with E-state index in [1.165, 1.54) is 5.56 Å². The molecule has 0 aliphatic carbocycles. The van der Waals surface area contributed by atoms with Crippen LogP contribution in [0, 0.1) is 0 Å². The van der Waals surface area contributed by atoms with Crippen molar-refractivity contribution in [3.63, 3.8) is 0 Å². The fraction of sp³-hybridized carbons (Fsp3) is 0.400. The summed E-state index contributed by atoms with van der Waals surface area (Å²) in [5, 5.41) is 0. The lowest BCUT2D eigenvalue weighted by Crippen LogP contribution is -2.06. The highest BCUT2D eigenvalue weighted by Gasteiger charge is 2.18. The molecule has 1 aromatic carbocycles. The summed E-state index contributed by atoms with van der Waals surface area (Å²) in [4.78, 5) is 4.45. The maximum Gasteiger partial charge on any atom is 0.132 e. The number of rotatable bonds is 4. The van der Waals surface area contributed by atoms with Gasteiger partial charge < -0.3 is 15.0 Å². The van der Waals surface area contributed by atoms with Gasteiger partial charge in [-0.3, -0.25) is 0 Å². The van der Waals surface area contributed by atoms with Crippen molar-refractivity contribution >= 4 is 15.9 Å². The van der Waals surface area contributed by atoms with E-state index in [0.717, 1.165) is 27.4 Å². The molecule has 0 aliphatic heterocycles. The molecule has 108 valence electrons. The molecule has 0 saturated heterocycles. The molecule has 0 unspecified atom stereocenters. The van der Waals surface area contributed by atoms with Crippen LogP contribution in [0.1, 0.15) is 31.2 Å². The van der Waals surface area contributed by atoms with Gasteiger partial charge in [-0.1, -0.05) is 19.9 Å². The van der Waals surface area contributed by atoms with Gasteiger partial charge in [0, 0.05) is 12.6 Å². The van der Waals surface area contributed by atoms with Crippen molar-refractivity contribution in [2.24, 2.45) is 12.8 Å². The fourth-order valence-corrected chi connectivity index (χ4v) is 2.94. The van der Waals surface area contributed by atoms with Gasteiger partial charge in [-0.25, -0.2) is 4.98 Å². The van der Waals surface area contributed by atoms with E-state index >= 15 is 0 Å². The molecule has 0 atom stereocenters. The Labute approximate surface area is 128 Å². The molecule has 2 N–H and O–H groups in total. The molecule has 0 saturated carbocycles. The molecule has 0 radical (unpaired) electrons. The molecule has 4 nitrogen and oxygen atoms in total. The second kappa shape index (κ2) is 5.97. The highest BCUT2D eigenvalue weighted by molar-refractivity contribution is 9.10. The molecular formula is C15H20BrN3O.